The minimum absolute atomic E-state index is 0.335. The van der Waals surface area contributed by atoms with E-state index in [2.05, 4.69) is 44.8 Å². The normalized spacial score (nSPS) is 32.6. The predicted molar refractivity (Wildman–Crippen MR) is 89.7 cm³/mol. The lowest BCUT2D eigenvalue weighted by Gasteiger charge is -2.47. The minimum Gasteiger partial charge on any atom is -0.378 e. The van der Waals surface area contributed by atoms with Crippen molar-refractivity contribution in [2.45, 2.75) is 78.5 Å². The quantitative estimate of drug-likeness (QED) is 0.861. The zero-order valence-corrected chi connectivity index (χ0v) is 14.8. The zero-order valence-electron chi connectivity index (χ0n) is 14.8. The van der Waals surface area contributed by atoms with Gasteiger partial charge in [0.05, 0.1) is 6.10 Å². The maximum atomic E-state index is 5.92. The van der Waals surface area contributed by atoms with Crippen LogP contribution in [0.1, 0.15) is 60.3 Å². The number of nitrogens with one attached hydrogen (secondary N) is 1. The molecule has 2 heterocycles. The summed E-state index contributed by atoms with van der Waals surface area (Å²) in [5, 5.41) is 3.79. The summed E-state index contributed by atoms with van der Waals surface area (Å²) in [4.78, 5) is 2.73. The summed E-state index contributed by atoms with van der Waals surface area (Å²) in [6.07, 6.45) is 5.59. The van der Waals surface area contributed by atoms with E-state index in [9.17, 15) is 0 Å². The summed E-state index contributed by atoms with van der Waals surface area (Å²) >= 11 is 0. The molecule has 3 unspecified atom stereocenters. The first kappa shape index (κ1) is 17.2. The van der Waals surface area contributed by atoms with Crippen LogP contribution in [0.15, 0.2) is 0 Å². The highest BCUT2D eigenvalue weighted by molar-refractivity contribution is 4.93. The van der Waals surface area contributed by atoms with Crippen LogP contribution in [-0.4, -0.2) is 49.3 Å². The molecule has 0 aromatic rings. The molecule has 0 spiro atoms. The maximum absolute atomic E-state index is 5.92. The van der Waals surface area contributed by atoms with E-state index >= 15 is 0 Å². The van der Waals surface area contributed by atoms with Crippen molar-refractivity contribution in [1.82, 2.24) is 10.2 Å². The lowest BCUT2D eigenvalue weighted by atomic mass is 9.83. The largest absolute Gasteiger partial charge is 0.378 e. The Bertz CT molecular complexity index is 305. The molecule has 2 saturated heterocycles. The standard InChI is InChI=1S/C18H36N2O/c1-14(2)16-12-19-17(18(3,4)5)13-20(16)10-9-15-8-6-7-11-21-15/h14-17,19H,6-13H2,1-5H3. The van der Waals surface area contributed by atoms with Gasteiger partial charge in [0.25, 0.3) is 0 Å². The number of hydrogen-bond donors (Lipinski definition) is 1. The van der Waals surface area contributed by atoms with Crippen LogP contribution in [0.25, 0.3) is 0 Å². The van der Waals surface area contributed by atoms with Gasteiger partial charge in [-0.05, 0) is 37.0 Å². The molecular formula is C18H36N2O. The zero-order chi connectivity index (χ0) is 15.5. The van der Waals surface area contributed by atoms with Crippen molar-refractivity contribution in [3.63, 3.8) is 0 Å². The highest BCUT2D eigenvalue weighted by atomic mass is 16.5. The van der Waals surface area contributed by atoms with Crippen LogP contribution >= 0.6 is 0 Å². The average molecular weight is 296 g/mol. The van der Waals surface area contributed by atoms with Gasteiger partial charge in [-0.25, -0.2) is 0 Å². The molecule has 2 rings (SSSR count). The van der Waals surface area contributed by atoms with Gasteiger partial charge in [-0.3, -0.25) is 4.90 Å². The van der Waals surface area contributed by atoms with Gasteiger partial charge >= 0.3 is 0 Å². The van der Waals surface area contributed by atoms with E-state index < -0.39 is 0 Å². The topological polar surface area (TPSA) is 24.5 Å². The van der Waals surface area contributed by atoms with Crippen molar-refractivity contribution in [2.24, 2.45) is 11.3 Å². The third-order valence-electron chi connectivity index (χ3n) is 5.29. The van der Waals surface area contributed by atoms with Crippen LogP contribution in [0.2, 0.25) is 0 Å². The Hall–Kier alpha value is -0.120. The van der Waals surface area contributed by atoms with Crippen LogP contribution < -0.4 is 5.32 Å². The van der Waals surface area contributed by atoms with Gasteiger partial charge in [0.2, 0.25) is 0 Å². The van der Waals surface area contributed by atoms with Crippen LogP contribution in [0, 0.1) is 11.3 Å². The van der Waals surface area contributed by atoms with E-state index in [0.29, 0.717) is 29.5 Å². The molecule has 0 radical (unpaired) electrons. The Morgan fingerprint density at radius 2 is 2.00 bits per heavy atom. The van der Waals surface area contributed by atoms with Gasteiger partial charge in [-0.15, -0.1) is 0 Å². The van der Waals surface area contributed by atoms with Crippen molar-refractivity contribution >= 4 is 0 Å². The van der Waals surface area contributed by atoms with Crippen LogP contribution in [-0.2, 0) is 4.74 Å². The Morgan fingerprint density at radius 1 is 1.24 bits per heavy atom. The van der Waals surface area contributed by atoms with E-state index in [1.165, 1.54) is 38.8 Å². The fourth-order valence-electron chi connectivity index (χ4n) is 3.67. The molecule has 2 aliphatic heterocycles. The van der Waals surface area contributed by atoms with Crippen molar-refractivity contribution in [3.05, 3.63) is 0 Å². The second-order valence-corrected chi connectivity index (χ2v) is 8.41. The highest BCUT2D eigenvalue weighted by Crippen LogP contribution is 2.26. The number of hydrogen-bond acceptors (Lipinski definition) is 3. The summed E-state index contributed by atoms with van der Waals surface area (Å²) in [5.41, 5.74) is 0.335. The smallest absolute Gasteiger partial charge is 0.0587 e. The van der Waals surface area contributed by atoms with Crippen molar-refractivity contribution in [1.29, 1.82) is 0 Å². The molecule has 0 bridgehead atoms. The first-order chi connectivity index (χ1) is 9.88. The van der Waals surface area contributed by atoms with Gasteiger partial charge in [0, 0.05) is 38.3 Å². The summed E-state index contributed by atoms with van der Waals surface area (Å²) < 4.78 is 5.92. The monoisotopic (exact) mass is 296 g/mol. The van der Waals surface area contributed by atoms with E-state index in [-0.39, 0.29) is 0 Å². The average Bonchev–Trinajstić information content (AvgIpc) is 2.45. The molecule has 1 N–H and O–H groups in total. The van der Waals surface area contributed by atoms with Gasteiger partial charge in [-0.2, -0.15) is 0 Å². The molecule has 0 saturated carbocycles. The molecule has 3 nitrogen and oxygen atoms in total. The molecule has 2 aliphatic rings. The number of ether oxygens (including phenoxy) is 1. The Kier molecular flexibility index (Phi) is 6.10. The predicted octanol–water partition coefficient (Wildman–Crippen LogP) is 3.29. The molecule has 3 atom stereocenters. The van der Waals surface area contributed by atoms with E-state index in [1.54, 1.807) is 0 Å². The lowest BCUT2D eigenvalue weighted by Crippen LogP contribution is -2.61. The van der Waals surface area contributed by atoms with Crippen molar-refractivity contribution < 1.29 is 4.74 Å². The first-order valence-corrected chi connectivity index (χ1v) is 8.97. The molecule has 124 valence electrons. The third kappa shape index (κ3) is 4.94. The SMILES string of the molecule is CC(C)C1CNC(C(C)(C)C)CN1CCC1CCCCO1. The fourth-order valence-corrected chi connectivity index (χ4v) is 3.67. The van der Waals surface area contributed by atoms with Crippen LogP contribution in [0.4, 0.5) is 0 Å². The molecule has 21 heavy (non-hydrogen) atoms. The Morgan fingerprint density at radius 3 is 2.57 bits per heavy atom. The summed E-state index contributed by atoms with van der Waals surface area (Å²) in [6, 6.07) is 1.27. The van der Waals surface area contributed by atoms with E-state index in [0.717, 1.165) is 13.2 Å². The molecular weight excluding hydrogens is 260 g/mol. The maximum Gasteiger partial charge on any atom is 0.0587 e. The highest BCUT2D eigenvalue weighted by Gasteiger charge is 2.35. The van der Waals surface area contributed by atoms with Crippen molar-refractivity contribution in [2.75, 3.05) is 26.2 Å². The van der Waals surface area contributed by atoms with Gasteiger partial charge in [0.1, 0.15) is 0 Å². The van der Waals surface area contributed by atoms with Crippen molar-refractivity contribution in [3.8, 4) is 0 Å². The Labute approximate surface area is 131 Å². The fraction of sp³-hybridized carbons (Fsp3) is 1.00. The molecule has 3 heteroatoms. The second-order valence-electron chi connectivity index (χ2n) is 8.41. The lowest BCUT2D eigenvalue weighted by molar-refractivity contribution is -0.00659. The third-order valence-corrected chi connectivity index (χ3v) is 5.29. The second kappa shape index (κ2) is 7.43. The summed E-state index contributed by atoms with van der Waals surface area (Å²) in [5.74, 6) is 0.714. The van der Waals surface area contributed by atoms with Gasteiger partial charge in [0.15, 0.2) is 0 Å². The molecule has 0 aromatic heterocycles. The number of nitrogens with zero attached hydrogens (tertiary/aromatic N) is 1. The number of rotatable bonds is 4. The molecule has 0 aromatic carbocycles. The first-order valence-electron chi connectivity index (χ1n) is 8.97. The molecule has 0 amide bonds. The van der Waals surface area contributed by atoms with Crippen LogP contribution in [0.3, 0.4) is 0 Å². The van der Waals surface area contributed by atoms with E-state index in [1.807, 2.05) is 0 Å². The van der Waals surface area contributed by atoms with Gasteiger partial charge < -0.3 is 10.1 Å². The molecule has 0 aliphatic carbocycles. The summed E-state index contributed by atoms with van der Waals surface area (Å²) in [6.45, 7) is 16.2. The Balaban J connectivity index is 1.90. The minimum atomic E-state index is 0.335. The molecule has 2 fully saturated rings. The number of piperazine rings is 1. The summed E-state index contributed by atoms with van der Waals surface area (Å²) in [7, 11) is 0. The van der Waals surface area contributed by atoms with Gasteiger partial charge in [-0.1, -0.05) is 34.6 Å². The van der Waals surface area contributed by atoms with Crippen LogP contribution in [0.5, 0.6) is 0 Å². The van der Waals surface area contributed by atoms with E-state index in [4.69, 9.17) is 4.74 Å².